The Morgan fingerprint density at radius 1 is 1.33 bits per heavy atom. The summed E-state index contributed by atoms with van der Waals surface area (Å²) in [4.78, 5) is 0. The maximum Gasteiger partial charge on any atom is 0.00822 e. The van der Waals surface area contributed by atoms with E-state index in [-0.39, 0.29) is 0 Å². The van der Waals surface area contributed by atoms with Crippen LogP contribution in [0, 0.1) is 5.92 Å². The zero-order valence-corrected chi connectivity index (χ0v) is 8.34. The molecule has 0 aromatic carbocycles. The van der Waals surface area contributed by atoms with E-state index in [0.717, 1.165) is 24.9 Å². The van der Waals surface area contributed by atoms with Gasteiger partial charge >= 0.3 is 0 Å². The summed E-state index contributed by atoms with van der Waals surface area (Å²) in [7, 11) is 0. The maximum atomic E-state index is 5.52. The first-order valence-electron chi connectivity index (χ1n) is 5.18. The lowest BCUT2D eigenvalue weighted by molar-refractivity contribution is 0.438. The Balaban J connectivity index is 2.16. The lowest BCUT2D eigenvalue weighted by Gasteiger charge is -2.15. The van der Waals surface area contributed by atoms with E-state index in [1.807, 2.05) is 0 Å². The number of hydrogen-bond donors (Lipinski definition) is 2. The van der Waals surface area contributed by atoms with Crippen LogP contribution in [0.15, 0.2) is 0 Å². The Bertz CT molecular complexity index is 123. The zero-order valence-electron chi connectivity index (χ0n) is 8.34. The molecule has 1 rings (SSSR count). The van der Waals surface area contributed by atoms with Gasteiger partial charge in [0, 0.05) is 12.1 Å². The van der Waals surface area contributed by atoms with Crippen molar-refractivity contribution in [2.75, 3.05) is 6.54 Å². The van der Waals surface area contributed by atoms with Gasteiger partial charge in [-0.05, 0) is 38.1 Å². The van der Waals surface area contributed by atoms with E-state index in [2.05, 4.69) is 19.2 Å². The number of nitrogens with one attached hydrogen (secondary N) is 1. The molecule has 0 amide bonds. The molecule has 1 aliphatic rings. The van der Waals surface area contributed by atoms with Crippen molar-refractivity contribution in [3.8, 4) is 0 Å². The van der Waals surface area contributed by atoms with Gasteiger partial charge in [-0.3, -0.25) is 0 Å². The van der Waals surface area contributed by atoms with Crippen LogP contribution in [0.3, 0.4) is 0 Å². The second-order valence-electron chi connectivity index (χ2n) is 4.34. The minimum atomic E-state index is 0.707. The highest BCUT2D eigenvalue weighted by Crippen LogP contribution is 2.19. The lowest BCUT2D eigenvalue weighted by atomic mass is 10.0. The maximum absolute atomic E-state index is 5.52. The van der Waals surface area contributed by atoms with Crippen LogP contribution in [-0.4, -0.2) is 18.6 Å². The fourth-order valence-electron chi connectivity index (χ4n) is 2.09. The van der Waals surface area contributed by atoms with Gasteiger partial charge < -0.3 is 11.1 Å². The van der Waals surface area contributed by atoms with Crippen molar-refractivity contribution >= 4 is 0 Å². The van der Waals surface area contributed by atoms with Crippen LogP contribution in [0.1, 0.15) is 39.5 Å². The predicted octanol–water partition coefficient (Wildman–Crippen LogP) is 1.50. The summed E-state index contributed by atoms with van der Waals surface area (Å²) >= 11 is 0. The molecular weight excluding hydrogens is 148 g/mol. The van der Waals surface area contributed by atoms with E-state index >= 15 is 0 Å². The third kappa shape index (κ3) is 3.11. The van der Waals surface area contributed by atoms with Crippen LogP contribution in [0.5, 0.6) is 0 Å². The molecule has 0 aliphatic carbocycles. The third-order valence-corrected chi connectivity index (χ3v) is 2.61. The van der Waals surface area contributed by atoms with E-state index in [1.54, 1.807) is 0 Å². The molecule has 0 unspecified atom stereocenters. The normalized spacial score (nSPS) is 30.0. The van der Waals surface area contributed by atoms with Crippen molar-refractivity contribution in [1.29, 1.82) is 0 Å². The van der Waals surface area contributed by atoms with Crippen LogP contribution in [0.25, 0.3) is 0 Å². The largest absolute Gasteiger partial charge is 0.330 e. The van der Waals surface area contributed by atoms with E-state index in [9.17, 15) is 0 Å². The Kier molecular flexibility index (Phi) is 4.02. The molecule has 0 aromatic heterocycles. The van der Waals surface area contributed by atoms with Gasteiger partial charge in [-0.15, -0.1) is 0 Å². The SMILES string of the molecule is CC(C)C[C@H]1CC[C@@H](CCN)N1. The average molecular weight is 170 g/mol. The quantitative estimate of drug-likeness (QED) is 0.671. The lowest BCUT2D eigenvalue weighted by Crippen LogP contribution is -2.31. The summed E-state index contributed by atoms with van der Waals surface area (Å²) in [5, 5.41) is 3.64. The van der Waals surface area contributed by atoms with E-state index in [4.69, 9.17) is 5.73 Å². The highest BCUT2D eigenvalue weighted by molar-refractivity contribution is 4.83. The first-order valence-corrected chi connectivity index (χ1v) is 5.18. The van der Waals surface area contributed by atoms with Gasteiger partial charge in [0.25, 0.3) is 0 Å². The highest BCUT2D eigenvalue weighted by atomic mass is 15.0. The molecule has 1 saturated heterocycles. The van der Waals surface area contributed by atoms with Crippen LogP contribution in [-0.2, 0) is 0 Å². The Hall–Kier alpha value is -0.0800. The summed E-state index contributed by atoms with van der Waals surface area (Å²) in [6.07, 6.45) is 5.15. The fourth-order valence-corrected chi connectivity index (χ4v) is 2.09. The van der Waals surface area contributed by atoms with Crippen molar-refractivity contribution in [2.24, 2.45) is 11.7 Å². The molecule has 2 nitrogen and oxygen atoms in total. The van der Waals surface area contributed by atoms with Crippen molar-refractivity contribution in [3.63, 3.8) is 0 Å². The molecule has 0 spiro atoms. The average Bonchev–Trinajstić information content (AvgIpc) is 2.36. The molecule has 2 atom stereocenters. The summed E-state index contributed by atoms with van der Waals surface area (Å²) in [6, 6.07) is 1.47. The van der Waals surface area contributed by atoms with Crippen molar-refractivity contribution in [3.05, 3.63) is 0 Å². The van der Waals surface area contributed by atoms with Crippen LogP contribution < -0.4 is 11.1 Å². The third-order valence-electron chi connectivity index (χ3n) is 2.61. The minimum Gasteiger partial charge on any atom is -0.330 e. The zero-order chi connectivity index (χ0) is 8.97. The monoisotopic (exact) mass is 170 g/mol. The molecule has 2 heteroatoms. The molecule has 0 radical (unpaired) electrons. The first-order chi connectivity index (χ1) is 5.72. The molecule has 0 saturated carbocycles. The summed E-state index contributed by atoms with van der Waals surface area (Å²) < 4.78 is 0. The highest BCUT2D eigenvalue weighted by Gasteiger charge is 2.22. The standard InChI is InChI=1S/C10H22N2/c1-8(2)7-10-4-3-9(12-10)5-6-11/h8-10,12H,3-7,11H2,1-2H3/t9-,10+/m0/s1. The minimum absolute atomic E-state index is 0.707. The summed E-state index contributed by atoms with van der Waals surface area (Å²) in [5.41, 5.74) is 5.52. The molecule has 1 fully saturated rings. The number of nitrogens with two attached hydrogens (primary N) is 1. The molecule has 12 heavy (non-hydrogen) atoms. The number of hydrogen-bond acceptors (Lipinski definition) is 2. The fraction of sp³-hybridized carbons (Fsp3) is 1.00. The smallest absolute Gasteiger partial charge is 0.00822 e. The second kappa shape index (κ2) is 4.83. The van der Waals surface area contributed by atoms with Gasteiger partial charge in [-0.2, -0.15) is 0 Å². The van der Waals surface area contributed by atoms with Gasteiger partial charge in [-0.25, -0.2) is 0 Å². The Labute approximate surface area is 75.9 Å². The molecular formula is C10H22N2. The van der Waals surface area contributed by atoms with Crippen LogP contribution in [0.2, 0.25) is 0 Å². The second-order valence-corrected chi connectivity index (χ2v) is 4.34. The van der Waals surface area contributed by atoms with Gasteiger partial charge in [0.2, 0.25) is 0 Å². The first kappa shape index (κ1) is 10.0. The predicted molar refractivity (Wildman–Crippen MR) is 53.1 cm³/mol. The Morgan fingerprint density at radius 3 is 2.58 bits per heavy atom. The van der Waals surface area contributed by atoms with Crippen LogP contribution in [0.4, 0.5) is 0 Å². The van der Waals surface area contributed by atoms with E-state index in [0.29, 0.717) is 6.04 Å². The number of rotatable bonds is 4. The molecule has 0 aromatic rings. The molecule has 72 valence electrons. The van der Waals surface area contributed by atoms with E-state index < -0.39 is 0 Å². The molecule has 3 N–H and O–H groups in total. The van der Waals surface area contributed by atoms with Crippen molar-refractivity contribution in [1.82, 2.24) is 5.32 Å². The van der Waals surface area contributed by atoms with Gasteiger partial charge in [0.1, 0.15) is 0 Å². The topological polar surface area (TPSA) is 38.0 Å². The molecule has 0 bridgehead atoms. The summed E-state index contributed by atoms with van der Waals surface area (Å²) in [6.45, 7) is 5.40. The van der Waals surface area contributed by atoms with Crippen LogP contribution >= 0.6 is 0 Å². The van der Waals surface area contributed by atoms with Crippen molar-refractivity contribution < 1.29 is 0 Å². The van der Waals surface area contributed by atoms with Crippen molar-refractivity contribution in [2.45, 2.75) is 51.6 Å². The Morgan fingerprint density at radius 2 is 2.00 bits per heavy atom. The van der Waals surface area contributed by atoms with E-state index in [1.165, 1.54) is 19.3 Å². The summed E-state index contributed by atoms with van der Waals surface area (Å²) in [5.74, 6) is 0.819. The van der Waals surface area contributed by atoms with Gasteiger partial charge in [-0.1, -0.05) is 13.8 Å². The van der Waals surface area contributed by atoms with Gasteiger partial charge in [0.15, 0.2) is 0 Å². The van der Waals surface area contributed by atoms with Gasteiger partial charge in [0.05, 0.1) is 0 Å². The molecule has 1 heterocycles. The molecule has 1 aliphatic heterocycles.